The number of nitrogens with one attached hydrogen (secondary N) is 1. The monoisotopic (exact) mass is 352 g/mol. The van der Waals surface area contributed by atoms with Crippen LogP contribution in [0.3, 0.4) is 0 Å². The summed E-state index contributed by atoms with van der Waals surface area (Å²) in [6.45, 7) is 4.56. The molecule has 0 radical (unpaired) electrons. The molecule has 0 bridgehead atoms. The minimum Gasteiger partial charge on any atom is -0.351 e. The van der Waals surface area contributed by atoms with Gasteiger partial charge < -0.3 is 9.88 Å². The molecule has 1 aromatic carbocycles. The number of amides is 1. The molecule has 1 N–H and O–H groups in total. The van der Waals surface area contributed by atoms with Gasteiger partial charge in [0.15, 0.2) is 4.96 Å². The number of aryl methyl sites for hydroxylation is 3. The van der Waals surface area contributed by atoms with Crippen molar-refractivity contribution in [2.24, 2.45) is 7.05 Å². The number of carbonyl (C=O) groups excluding carboxylic acids is 1. The van der Waals surface area contributed by atoms with E-state index in [9.17, 15) is 4.79 Å². The zero-order valence-corrected chi connectivity index (χ0v) is 15.4. The van der Waals surface area contributed by atoms with Crippen molar-refractivity contribution in [1.82, 2.24) is 19.3 Å². The van der Waals surface area contributed by atoms with Gasteiger partial charge in [-0.2, -0.15) is 0 Å². The van der Waals surface area contributed by atoms with Gasteiger partial charge >= 0.3 is 0 Å². The molecule has 0 aliphatic heterocycles. The zero-order valence-electron chi connectivity index (χ0n) is 14.5. The van der Waals surface area contributed by atoms with E-state index < -0.39 is 0 Å². The van der Waals surface area contributed by atoms with Crippen molar-refractivity contribution in [2.45, 2.75) is 26.8 Å². The van der Waals surface area contributed by atoms with Gasteiger partial charge in [0.1, 0.15) is 5.69 Å². The molecule has 5 nitrogen and oxygen atoms in total. The first-order chi connectivity index (χ1) is 12.1. The number of aromatic nitrogens is 3. The molecular weight excluding hydrogens is 332 g/mol. The van der Waals surface area contributed by atoms with Crippen LogP contribution in [0.15, 0.2) is 36.7 Å². The molecule has 4 rings (SSSR count). The smallest absolute Gasteiger partial charge is 0.270 e. The van der Waals surface area contributed by atoms with Crippen LogP contribution < -0.4 is 5.32 Å². The highest BCUT2D eigenvalue weighted by Gasteiger charge is 2.19. The molecule has 0 atom stereocenters. The maximum Gasteiger partial charge on any atom is 0.270 e. The Hall–Kier alpha value is -2.60. The van der Waals surface area contributed by atoms with Gasteiger partial charge in [-0.15, -0.1) is 11.3 Å². The van der Waals surface area contributed by atoms with E-state index in [2.05, 4.69) is 39.1 Å². The summed E-state index contributed by atoms with van der Waals surface area (Å²) in [4.78, 5) is 19.4. The molecule has 0 saturated heterocycles. The Morgan fingerprint density at radius 3 is 2.96 bits per heavy atom. The molecule has 25 heavy (non-hydrogen) atoms. The van der Waals surface area contributed by atoms with Gasteiger partial charge in [0.2, 0.25) is 0 Å². The van der Waals surface area contributed by atoms with Crippen molar-refractivity contribution in [3.63, 3.8) is 0 Å². The Bertz CT molecular complexity index is 1090. The second-order valence-corrected chi connectivity index (χ2v) is 7.47. The first-order valence-electron chi connectivity index (χ1n) is 8.36. The normalized spacial score (nSPS) is 11.5. The molecular formula is C19H20N4OS. The van der Waals surface area contributed by atoms with Gasteiger partial charge in [0.25, 0.3) is 5.91 Å². The first kappa shape index (κ1) is 15.9. The summed E-state index contributed by atoms with van der Waals surface area (Å²) in [7, 11) is 2.03. The van der Waals surface area contributed by atoms with Gasteiger partial charge in [-0.3, -0.25) is 9.20 Å². The van der Waals surface area contributed by atoms with E-state index >= 15 is 0 Å². The predicted octanol–water partition coefficient (Wildman–Crippen LogP) is 3.69. The van der Waals surface area contributed by atoms with Gasteiger partial charge in [-0.05, 0) is 36.4 Å². The number of imidazole rings is 1. The van der Waals surface area contributed by atoms with E-state index in [-0.39, 0.29) is 5.91 Å². The Kier molecular flexibility index (Phi) is 3.84. The maximum atomic E-state index is 12.8. The molecule has 1 amide bonds. The van der Waals surface area contributed by atoms with Gasteiger partial charge in [0.05, 0.1) is 5.69 Å². The Morgan fingerprint density at radius 2 is 2.16 bits per heavy atom. The average molecular weight is 352 g/mol. The van der Waals surface area contributed by atoms with Crippen molar-refractivity contribution >= 4 is 33.1 Å². The van der Waals surface area contributed by atoms with Crippen LogP contribution in [-0.4, -0.2) is 19.9 Å². The van der Waals surface area contributed by atoms with Crippen LogP contribution in [-0.2, 0) is 20.0 Å². The van der Waals surface area contributed by atoms with Gasteiger partial charge in [-0.1, -0.05) is 19.1 Å². The highest BCUT2D eigenvalue weighted by Crippen LogP contribution is 2.22. The highest BCUT2D eigenvalue weighted by molar-refractivity contribution is 7.17. The lowest BCUT2D eigenvalue weighted by atomic mass is 10.1. The lowest BCUT2D eigenvalue weighted by Gasteiger charge is -2.07. The van der Waals surface area contributed by atoms with Gasteiger partial charge in [-0.25, -0.2) is 4.98 Å². The van der Waals surface area contributed by atoms with E-state index in [4.69, 9.17) is 0 Å². The molecule has 0 unspecified atom stereocenters. The van der Waals surface area contributed by atoms with Crippen molar-refractivity contribution in [3.05, 3.63) is 58.5 Å². The minimum atomic E-state index is -0.0749. The number of hydrogen-bond donors (Lipinski definition) is 1. The van der Waals surface area contributed by atoms with Crippen LogP contribution >= 0.6 is 11.3 Å². The fourth-order valence-electron chi connectivity index (χ4n) is 3.17. The molecule has 4 aromatic rings. The first-order valence-corrected chi connectivity index (χ1v) is 9.18. The van der Waals surface area contributed by atoms with Crippen molar-refractivity contribution in [3.8, 4) is 0 Å². The van der Waals surface area contributed by atoms with E-state index in [0.29, 0.717) is 12.2 Å². The highest BCUT2D eigenvalue weighted by atomic mass is 32.1. The molecule has 0 fully saturated rings. The standard InChI is InChI=1S/C19H20N4OS/c1-4-15-17(23-11-12(2)25-19(23)21-15)18(24)20-10-13-5-6-14-7-8-22(3)16(14)9-13/h5-9,11H,4,10H2,1-3H3,(H,20,24). The number of benzene rings is 1. The van der Waals surface area contributed by atoms with Crippen LogP contribution in [0.4, 0.5) is 0 Å². The summed E-state index contributed by atoms with van der Waals surface area (Å²) >= 11 is 1.61. The second-order valence-electron chi connectivity index (χ2n) is 6.26. The van der Waals surface area contributed by atoms with Crippen molar-refractivity contribution in [2.75, 3.05) is 0 Å². The fourth-order valence-corrected chi connectivity index (χ4v) is 4.02. The summed E-state index contributed by atoms with van der Waals surface area (Å²) in [5, 5.41) is 4.26. The lowest BCUT2D eigenvalue weighted by Crippen LogP contribution is -2.25. The van der Waals surface area contributed by atoms with E-state index in [1.165, 1.54) is 10.9 Å². The lowest BCUT2D eigenvalue weighted by molar-refractivity contribution is 0.0944. The molecule has 3 aromatic heterocycles. The average Bonchev–Trinajstić information content (AvgIpc) is 3.24. The van der Waals surface area contributed by atoms with E-state index in [1.807, 2.05) is 37.7 Å². The zero-order chi connectivity index (χ0) is 17.6. The largest absolute Gasteiger partial charge is 0.351 e. The number of rotatable bonds is 4. The SMILES string of the molecule is CCc1nc2sc(C)cn2c1C(=O)NCc1ccc2ccn(C)c2c1. The Morgan fingerprint density at radius 1 is 1.32 bits per heavy atom. The number of thiazole rings is 1. The third kappa shape index (κ3) is 2.72. The topological polar surface area (TPSA) is 51.3 Å². The van der Waals surface area contributed by atoms with Crippen molar-refractivity contribution < 1.29 is 4.79 Å². The summed E-state index contributed by atoms with van der Waals surface area (Å²) in [6.07, 6.45) is 4.77. The quantitative estimate of drug-likeness (QED) is 0.609. The number of fused-ring (bicyclic) bond motifs is 2. The molecule has 128 valence electrons. The molecule has 0 spiro atoms. The third-order valence-corrected chi connectivity index (χ3v) is 5.37. The number of carbonyl (C=O) groups is 1. The van der Waals surface area contributed by atoms with Crippen LogP contribution in [0.25, 0.3) is 15.9 Å². The summed E-state index contributed by atoms with van der Waals surface area (Å²) < 4.78 is 4.00. The van der Waals surface area contributed by atoms with E-state index in [0.717, 1.165) is 27.5 Å². The van der Waals surface area contributed by atoms with Crippen molar-refractivity contribution in [1.29, 1.82) is 0 Å². The molecule has 0 saturated carbocycles. The summed E-state index contributed by atoms with van der Waals surface area (Å²) in [5.74, 6) is -0.0749. The molecule has 0 aliphatic carbocycles. The van der Waals surface area contributed by atoms with E-state index in [1.54, 1.807) is 11.3 Å². The number of nitrogens with zero attached hydrogens (tertiary/aromatic N) is 3. The van der Waals surface area contributed by atoms with Crippen LogP contribution in [0.1, 0.15) is 33.5 Å². The summed E-state index contributed by atoms with van der Waals surface area (Å²) in [6, 6.07) is 8.36. The number of hydrogen-bond acceptors (Lipinski definition) is 3. The third-order valence-electron chi connectivity index (χ3n) is 4.47. The predicted molar refractivity (Wildman–Crippen MR) is 101 cm³/mol. The van der Waals surface area contributed by atoms with Crippen LogP contribution in [0.5, 0.6) is 0 Å². The Balaban J connectivity index is 1.60. The molecule has 0 aliphatic rings. The molecule has 3 heterocycles. The van der Waals surface area contributed by atoms with Gasteiger partial charge in [0, 0.05) is 36.4 Å². The fraction of sp³-hybridized carbons (Fsp3) is 0.263. The second kappa shape index (κ2) is 6.04. The maximum absolute atomic E-state index is 12.8. The summed E-state index contributed by atoms with van der Waals surface area (Å²) in [5.41, 5.74) is 3.76. The minimum absolute atomic E-state index is 0.0749. The Labute approximate surface area is 149 Å². The van der Waals surface area contributed by atoms with Crippen LogP contribution in [0.2, 0.25) is 0 Å². The van der Waals surface area contributed by atoms with Crippen LogP contribution in [0, 0.1) is 6.92 Å². The molecule has 6 heteroatoms.